The first-order chi connectivity index (χ1) is 14.0. The van der Waals surface area contributed by atoms with Crippen LogP contribution in [-0.2, 0) is 20.8 Å². The third-order valence-electron chi connectivity index (χ3n) is 5.25. The molecule has 0 radical (unpaired) electrons. The summed E-state index contributed by atoms with van der Waals surface area (Å²) in [5.74, 6) is -0.295. The molecule has 2 aromatic rings. The van der Waals surface area contributed by atoms with Gasteiger partial charge in [-0.3, -0.25) is 9.78 Å². The highest BCUT2D eigenvalue weighted by Gasteiger charge is 2.42. The highest BCUT2D eigenvalue weighted by molar-refractivity contribution is 7.80. The third kappa shape index (κ3) is 4.43. The number of hydrogen-bond donors (Lipinski definition) is 1. The molecule has 29 heavy (non-hydrogen) atoms. The van der Waals surface area contributed by atoms with Gasteiger partial charge in [-0.15, -0.1) is 0 Å². The minimum absolute atomic E-state index is 0.0927. The van der Waals surface area contributed by atoms with Crippen LogP contribution in [0.3, 0.4) is 0 Å². The maximum atomic E-state index is 12.3. The Kier molecular flexibility index (Phi) is 6.87. The molecule has 1 N–H and O–H groups in total. The Morgan fingerprint density at radius 1 is 1.34 bits per heavy atom. The maximum absolute atomic E-state index is 12.3. The van der Waals surface area contributed by atoms with Gasteiger partial charge < -0.3 is 24.3 Å². The van der Waals surface area contributed by atoms with E-state index in [1.165, 1.54) is 0 Å². The summed E-state index contributed by atoms with van der Waals surface area (Å²) in [4.78, 5) is 18.7. The monoisotopic (exact) mass is 416 g/mol. The van der Waals surface area contributed by atoms with E-state index in [-0.39, 0.29) is 24.6 Å². The fourth-order valence-corrected chi connectivity index (χ4v) is 4.22. The Morgan fingerprint density at radius 3 is 2.79 bits per heavy atom. The van der Waals surface area contributed by atoms with E-state index in [4.69, 9.17) is 21.7 Å². The molecule has 3 rings (SSSR count). The van der Waals surface area contributed by atoms with Crippen LogP contribution in [0.15, 0.2) is 30.5 Å². The van der Waals surface area contributed by atoms with E-state index in [1.807, 2.05) is 23.1 Å². The zero-order valence-electron chi connectivity index (χ0n) is 17.3. The number of esters is 1. The average molecular weight is 417 g/mol. The number of rotatable bonds is 8. The van der Waals surface area contributed by atoms with Crippen molar-refractivity contribution in [3.05, 3.63) is 53.1 Å². The Morgan fingerprint density at radius 2 is 2.14 bits per heavy atom. The van der Waals surface area contributed by atoms with E-state index in [9.17, 15) is 4.79 Å². The molecular formula is C21H28N4O3S. The molecular weight excluding hydrogens is 388 g/mol. The van der Waals surface area contributed by atoms with E-state index in [0.717, 1.165) is 29.2 Å². The summed E-state index contributed by atoms with van der Waals surface area (Å²) < 4.78 is 12.7. The number of aromatic nitrogens is 2. The molecule has 0 aliphatic carbocycles. The van der Waals surface area contributed by atoms with Gasteiger partial charge in [0.2, 0.25) is 0 Å². The van der Waals surface area contributed by atoms with Crippen molar-refractivity contribution in [2.45, 2.75) is 39.4 Å². The van der Waals surface area contributed by atoms with Crippen LogP contribution in [0.4, 0.5) is 0 Å². The lowest BCUT2D eigenvalue weighted by atomic mass is 9.97. The molecule has 156 valence electrons. The lowest BCUT2D eigenvalue weighted by Crippen LogP contribution is -2.35. The zero-order valence-corrected chi connectivity index (χ0v) is 18.2. The van der Waals surface area contributed by atoms with Crippen molar-refractivity contribution in [3.63, 3.8) is 0 Å². The Labute approximate surface area is 177 Å². The second kappa shape index (κ2) is 9.37. The van der Waals surface area contributed by atoms with E-state index in [0.29, 0.717) is 18.3 Å². The van der Waals surface area contributed by atoms with Crippen molar-refractivity contribution in [1.82, 2.24) is 19.8 Å². The van der Waals surface area contributed by atoms with Crippen LogP contribution in [0.1, 0.15) is 41.7 Å². The highest BCUT2D eigenvalue weighted by atomic mass is 32.1. The van der Waals surface area contributed by atoms with Gasteiger partial charge in [-0.1, -0.05) is 6.07 Å². The van der Waals surface area contributed by atoms with Gasteiger partial charge in [-0.05, 0) is 56.8 Å². The number of hydrogen-bond acceptors (Lipinski definition) is 5. The quantitative estimate of drug-likeness (QED) is 0.524. The summed E-state index contributed by atoms with van der Waals surface area (Å²) in [6, 6.07) is 7.67. The number of thiocarbonyl (C=S) groups is 1. The Bertz CT molecular complexity index is 868. The number of nitrogens with one attached hydrogen (secondary N) is 1. The molecule has 1 fully saturated rings. The average Bonchev–Trinajstić information content (AvgIpc) is 3.17. The topological polar surface area (TPSA) is 68.6 Å². The number of carbonyl (C=O) groups excluding carboxylic acids is 1. The number of methoxy groups -OCH3 is 1. The number of aryl methyl sites for hydroxylation is 1. The summed E-state index contributed by atoms with van der Waals surface area (Å²) in [6.07, 6.45) is 1.77. The maximum Gasteiger partial charge on any atom is 0.325 e. The molecule has 2 atom stereocenters. The molecule has 1 aliphatic heterocycles. The molecule has 7 nitrogen and oxygen atoms in total. The minimum atomic E-state index is -0.295. The second-order valence-corrected chi connectivity index (χ2v) is 7.42. The van der Waals surface area contributed by atoms with Gasteiger partial charge in [0, 0.05) is 31.2 Å². The molecule has 2 unspecified atom stereocenters. The van der Waals surface area contributed by atoms with Crippen LogP contribution in [0, 0.1) is 13.8 Å². The van der Waals surface area contributed by atoms with Gasteiger partial charge in [-0.25, -0.2) is 0 Å². The van der Waals surface area contributed by atoms with Crippen molar-refractivity contribution in [2.75, 3.05) is 26.9 Å². The van der Waals surface area contributed by atoms with Crippen molar-refractivity contribution in [1.29, 1.82) is 0 Å². The predicted octanol–water partition coefficient (Wildman–Crippen LogP) is 2.68. The summed E-state index contributed by atoms with van der Waals surface area (Å²) in [6.45, 7) is 7.81. The minimum Gasteiger partial charge on any atom is -0.465 e. The zero-order chi connectivity index (χ0) is 21.0. The summed E-state index contributed by atoms with van der Waals surface area (Å²) in [7, 11) is 1.70. The fourth-order valence-electron chi connectivity index (χ4n) is 3.91. The summed E-state index contributed by atoms with van der Waals surface area (Å²) in [5.41, 5.74) is 4.27. The van der Waals surface area contributed by atoms with Gasteiger partial charge in [0.05, 0.1) is 31.0 Å². The number of pyridine rings is 1. The first-order valence-electron chi connectivity index (χ1n) is 9.77. The van der Waals surface area contributed by atoms with Crippen LogP contribution in [0.5, 0.6) is 0 Å². The molecule has 3 heterocycles. The van der Waals surface area contributed by atoms with E-state index < -0.39 is 0 Å². The smallest absolute Gasteiger partial charge is 0.325 e. The van der Waals surface area contributed by atoms with Gasteiger partial charge in [0.1, 0.15) is 6.54 Å². The highest BCUT2D eigenvalue weighted by Crippen LogP contribution is 2.40. The molecule has 0 bridgehead atoms. The van der Waals surface area contributed by atoms with Crippen molar-refractivity contribution >= 4 is 23.3 Å². The summed E-state index contributed by atoms with van der Waals surface area (Å²) >= 11 is 5.60. The van der Waals surface area contributed by atoms with Crippen LogP contribution in [0.2, 0.25) is 0 Å². The van der Waals surface area contributed by atoms with Crippen molar-refractivity contribution in [3.8, 4) is 0 Å². The molecule has 1 aliphatic rings. The van der Waals surface area contributed by atoms with Crippen LogP contribution < -0.4 is 5.32 Å². The first-order valence-corrected chi connectivity index (χ1v) is 10.2. The first kappa shape index (κ1) is 21.3. The largest absolute Gasteiger partial charge is 0.465 e. The van der Waals surface area contributed by atoms with Crippen LogP contribution >= 0.6 is 12.2 Å². The van der Waals surface area contributed by atoms with Gasteiger partial charge in [0.25, 0.3) is 0 Å². The number of carbonyl (C=O) groups is 1. The Balaban J connectivity index is 2.02. The van der Waals surface area contributed by atoms with E-state index in [1.54, 1.807) is 20.2 Å². The lowest BCUT2D eigenvalue weighted by molar-refractivity contribution is -0.143. The Hall–Kier alpha value is -2.45. The fraction of sp³-hybridized carbons (Fsp3) is 0.476. The van der Waals surface area contributed by atoms with Crippen LogP contribution in [-0.4, -0.2) is 52.4 Å². The third-order valence-corrected chi connectivity index (χ3v) is 5.61. The molecule has 1 saturated heterocycles. The molecule has 8 heteroatoms. The summed E-state index contributed by atoms with van der Waals surface area (Å²) in [5, 5.41) is 3.90. The SMILES string of the molecule is CCOC(=O)CN1C(=S)NC(c2ccccn2)C1c1cc(C)n(CCOC)c1C. The second-order valence-electron chi connectivity index (χ2n) is 7.03. The normalized spacial score (nSPS) is 18.8. The number of ether oxygens (including phenoxy) is 2. The van der Waals surface area contributed by atoms with E-state index in [2.05, 4.69) is 34.8 Å². The van der Waals surface area contributed by atoms with Crippen molar-refractivity contribution < 1.29 is 14.3 Å². The standard InChI is InChI=1S/C21H28N4O3S/c1-5-28-18(26)13-25-20(16-12-14(2)24(15(16)3)10-11-27-4)19(23-21(25)29)17-8-6-7-9-22-17/h6-9,12,19-20H,5,10-11,13H2,1-4H3,(H,23,29). The molecule has 2 aromatic heterocycles. The molecule has 0 amide bonds. The number of nitrogens with zero attached hydrogens (tertiary/aromatic N) is 3. The van der Waals surface area contributed by atoms with E-state index >= 15 is 0 Å². The van der Waals surface area contributed by atoms with Crippen molar-refractivity contribution in [2.24, 2.45) is 0 Å². The van der Waals surface area contributed by atoms with Gasteiger partial charge in [0.15, 0.2) is 5.11 Å². The lowest BCUT2D eigenvalue weighted by Gasteiger charge is -2.27. The molecule has 0 spiro atoms. The van der Waals surface area contributed by atoms with Gasteiger partial charge >= 0.3 is 5.97 Å². The van der Waals surface area contributed by atoms with Gasteiger partial charge in [-0.2, -0.15) is 0 Å². The van der Waals surface area contributed by atoms with Crippen LogP contribution in [0.25, 0.3) is 0 Å². The molecule has 0 aromatic carbocycles. The molecule has 0 saturated carbocycles. The predicted molar refractivity (Wildman–Crippen MR) is 115 cm³/mol.